The van der Waals surface area contributed by atoms with E-state index in [-0.39, 0.29) is 6.03 Å². The van der Waals surface area contributed by atoms with Crippen LogP contribution in [0.1, 0.15) is 98.6 Å². The number of aryl methyl sites for hydroxylation is 1. The van der Waals surface area contributed by atoms with Crippen LogP contribution in [0.3, 0.4) is 0 Å². The Morgan fingerprint density at radius 3 is 2.40 bits per heavy atom. The third-order valence-corrected chi connectivity index (χ3v) is 10.9. The molecule has 0 atom stereocenters. The van der Waals surface area contributed by atoms with E-state index in [9.17, 15) is 4.79 Å². The average Bonchev–Trinajstić information content (AvgIpc) is 3.61. The van der Waals surface area contributed by atoms with E-state index in [1.807, 2.05) is 0 Å². The lowest BCUT2D eigenvalue weighted by Crippen LogP contribution is -2.76. The number of rotatable bonds is 5. The molecule has 2 aromatic rings. The second-order valence-corrected chi connectivity index (χ2v) is 13.7. The summed E-state index contributed by atoms with van der Waals surface area (Å²) in [6, 6.07) is 2.61. The Labute approximate surface area is 205 Å². The molecule has 8 aliphatic rings. The Hall–Kier alpha value is -2.38. The van der Waals surface area contributed by atoms with E-state index in [1.54, 1.807) is 0 Å². The van der Waals surface area contributed by atoms with Gasteiger partial charge < -0.3 is 9.80 Å². The number of nitrogens with one attached hydrogen (secondary N) is 1. The van der Waals surface area contributed by atoms with Crippen molar-refractivity contribution in [2.45, 2.75) is 88.0 Å². The standard InChI is InChI=1S/C27H35N7O/c1-16-6-21(17-2-3-17)34(31-16)27-11-26(12-27,13-27)20-9-32(10-20)24(35)33-14-25(15-33)7-19(8-25)23-28-22(29-30-23)18-4-5-18/h6,17-20H,2-5,7-15H2,1H3,(H,28,29,30). The summed E-state index contributed by atoms with van der Waals surface area (Å²) in [6.45, 7) is 5.95. The SMILES string of the molecule is Cc1cc(C2CC2)n(C23CC(C4CN(C(=O)N5CC6(CC(c7nc(C8CC8)n[nH]7)C6)C5)C4)(C2)C3)n1. The summed E-state index contributed by atoms with van der Waals surface area (Å²) in [5, 5.41) is 12.5. The van der Waals surface area contributed by atoms with Crippen LogP contribution in [-0.4, -0.2) is 67.0 Å². The number of hydrogen-bond acceptors (Lipinski definition) is 4. The van der Waals surface area contributed by atoms with Crippen molar-refractivity contribution in [2.24, 2.45) is 16.7 Å². The Balaban J connectivity index is 0.769. The van der Waals surface area contributed by atoms with Crippen LogP contribution >= 0.6 is 0 Å². The van der Waals surface area contributed by atoms with Gasteiger partial charge in [0.2, 0.25) is 0 Å². The number of carbonyl (C=O) groups is 1. The molecule has 4 heterocycles. The van der Waals surface area contributed by atoms with Gasteiger partial charge in [-0.2, -0.15) is 10.2 Å². The lowest BCUT2D eigenvalue weighted by atomic mass is 9.35. The molecule has 2 amide bonds. The van der Waals surface area contributed by atoms with Crippen LogP contribution in [-0.2, 0) is 5.54 Å². The van der Waals surface area contributed by atoms with Crippen molar-refractivity contribution in [1.29, 1.82) is 0 Å². The van der Waals surface area contributed by atoms with Crippen molar-refractivity contribution in [3.05, 3.63) is 29.1 Å². The molecule has 2 aliphatic heterocycles. The predicted molar refractivity (Wildman–Crippen MR) is 128 cm³/mol. The normalized spacial score (nSPS) is 35.2. The minimum Gasteiger partial charge on any atom is -0.324 e. The van der Waals surface area contributed by atoms with Crippen LogP contribution in [0, 0.1) is 23.7 Å². The topological polar surface area (TPSA) is 82.9 Å². The van der Waals surface area contributed by atoms with Crippen molar-refractivity contribution >= 4 is 6.03 Å². The summed E-state index contributed by atoms with van der Waals surface area (Å²) in [7, 11) is 0. The van der Waals surface area contributed by atoms with E-state index >= 15 is 0 Å². The third kappa shape index (κ3) is 2.63. The molecule has 1 N–H and O–H groups in total. The largest absolute Gasteiger partial charge is 0.324 e. The number of amides is 2. The molecule has 0 aromatic carbocycles. The van der Waals surface area contributed by atoms with Gasteiger partial charge in [-0.1, -0.05) is 0 Å². The van der Waals surface area contributed by atoms with Crippen LogP contribution < -0.4 is 0 Å². The molecular formula is C27H35N7O. The highest BCUT2D eigenvalue weighted by Gasteiger charge is 2.74. The quantitative estimate of drug-likeness (QED) is 0.715. The van der Waals surface area contributed by atoms with Crippen molar-refractivity contribution in [3.63, 3.8) is 0 Å². The molecule has 1 spiro atoms. The summed E-state index contributed by atoms with van der Waals surface area (Å²) in [6.07, 6.45) is 11.3. The van der Waals surface area contributed by atoms with Gasteiger partial charge in [-0.05, 0) is 76.2 Å². The molecule has 6 saturated carbocycles. The van der Waals surface area contributed by atoms with Gasteiger partial charge in [0.25, 0.3) is 0 Å². The maximum atomic E-state index is 13.1. The van der Waals surface area contributed by atoms with Crippen molar-refractivity contribution < 1.29 is 4.79 Å². The molecule has 184 valence electrons. The zero-order valence-electron chi connectivity index (χ0n) is 20.7. The van der Waals surface area contributed by atoms with Gasteiger partial charge >= 0.3 is 6.03 Å². The Morgan fingerprint density at radius 1 is 1.00 bits per heavy atom. The molecule has 8 fully saturated rings. The third-order valence-electron chi connectivity index (χ3n) is 10.9. The minimum atomic E-state index is 0.283. The Kier molecular flexibility index (Phi) is 3.45. The summed E-state index contributed by atoms with van der Waals surface area (Å²) in [4.78, 5) is 22.1. The van der Waals surface area contributed by atoms with Crippen molar-refractivity contribution in [2.75, 3.05) is 26.2 Å². The fourth-order valence-corrected chi connectivity index (χ4v) is 8.59. The second kappa shape index (κ2) is 6.12. The number of likely N-dealkylation sites (tertiary alicyclic amines) is 2. The van der Waals surface area contributed by atoms with Gasteiger partial charge in [0.1, 0.15) is 5.82 Å². The van der Waals surface area contributed by atoms with E-state index in [0.29, 0.717) is 34.1 Å². The van der Waals surface area contributed by atoms with Crippen molar-refractivity contribution in [1.82, 2.24) is 34.8 Å². The fourth-order valence-electron chi connectivity index (χ4n) is 8.59. The number of urea groups is 1. The molecule has 0 radical (unpaired) electrons. The molecule has 35 heavy (non-hydrogen) atoms. The molecule has 2 saturated heterocycles. The first-order valence-electron chi connectivity index (χ1n) is 14.0. The first kappa shape index (κ1) is 19.8. The molecular weight excluding hydrogens is 438 g/mol. The van der Waals surface area contributed by atoms with Crippen LogP contribution in [0.2, 0.25) is 0 Å². The van der Waals surface area contributed by atoms with Gasteiger partial charge in [-0.25, -0.2) is 9.78 Å². The number of aromatic amines is 1. The van der Waals surface area contributed by atoms with Gasteiger partial charge in [0, 0.05) is 61.0 Å². The average molecular weight is 474 g/mol. The van der Waals surface area contributed by atoms with E-state index < -0.39 is 0 Å². The molecule has 2 aromatic heterocycles. The van der Waals surface area contributed by atoms with Gasteiger partial charge in [0.15, 0.2) is 5.82 Å². The number of carbonyl (C=O) groups excluding carboxylic acids is 1. The zero-order valence-corrected chi connectivity index (χ0v) is 20.7. The molecule has 8 heteroatoms. The first-order valence-corrected chi connectivity index (χ1v) is 14.0. The van der Waals surface area contributed by atoms with Crippen LogP contribution in [0.25, 0.3) is 0 Å². The van der Waals surface area contributed by atoms with Crippen LogP contribution in [0.5, 0.6) is 0 Å². The van der Waals surface area contributed by atoms with Gasteiger partial charge in [-0.15, -0.1) is 0 Å². The maximum absolute atomic E-state index is 13.1. The van der Waals surface area contributed by atoms with Gasteiger partial charge in [0.05, 0.1) is 11.2 Å². The zero-order chi connectivity index (χ0) is 23.2. The Bertz CT molecular complexity index is 1210. The smallest absolute Gasteiger partial charge is 0.320 e. The number of hydrogen-bond donors (Lipinski definition) is 1. The predicted octanol–water partition coefficient (Wildman–Crippen LogP) is 3.88. The lowest BCUT2D eigenvalue weighted by molar-refractivity contribution is -0.246. The van der Waals surface area contributed by atoms with E-state index in [2.05, 4.69) is 37.7 Å². The first-order chi connectivity index (χ1) is 16.9. The van der Waals surface area contributed by atoms with E-state index in [1.165, 1.54) is 56.3 Å². The monoisotopic (exact) mass is 473 g/mol. The van der Waals surface area contributed by atoms with E-state index in [0.717, 1.165) is 56.6 Å². The molecule has 10 rings (SSSR count). The lowest BCUT2D eigenvalue weighted by Gasteiger charge is -2.75. The second-order valence-electron chi connectivity index (χ2n) is 13.7. The van der Waals surface area contributed by atoms with Crippen LogP contribution in [0.4, 0.5) is 4.79 Å². The maximum Gasteiger partial charge on any atom is 0.320 e. The van der Waals surface area contributed by atoms with E-state index in [4.69, 9.17) is 10.1 Å². The molecule has 8 nitrogen and oxygen atoms in total. The highest BCUT2D eigenvalue weighted by atomic mass is 16.2. The van der Waals surface area contributed by atoms with Crippen molar-refractivity contribution in [3.8, 4) is 0 Å². The summed E-state index contributed by atoms with van der Waals surface area (Å²) >= 11 is 0. The minimum absolute atomic E-state index is 0.283. The highest BCUT2D eigenvalue weighted by molar-refractivity contribution is 5.76. The number of nitrogens with zero attached hydrogens (tertiary/aromatic N) is 6. The summed E-state index contributed by atoms with van der Waals surface area (Å²) in [5.74, 6) is 4.69. The molecule has 6 aliphatic carbocycles. The van der Waals surface area contributed by atoms with Gasteiger partial charge in [-0.3, -0.25) is 9.78 Å². The highest BCUT2D eigenvalue weighted by Crippen LogP contribution is 2.75. The van der Waals surface area contributed by atoms with Crippen LogP contribution in [0.15, 0.2) is 6.07 Å². The fraction of sp³-hybridized carbons (Fsp3) is 0.778. The number of aromatic nitrogens is 5. The molecule has 0 unspecified atom stereocenters. The Morgan fingerprint density at radius 2 is 1.71 bits per heavy atom. The molecule has 2 bridgehead atoms. The number of H-pyrrole nitrogens is 1. The summed E-state index contributed by atoms with van der Waals surface area (Å²) in [5.41, 5.74) is 3.83. The summed E-state index contributed by atoms with van der Waals surface area (Å²) < 4.78 is 2.43.